The minimum absolute atomic E-state index is 0.0962. The van der Waals surface area contributed by atoms with Crippen LogP contribution in [0.15, 0.2) is 48.5 Å². The first-order valence-electron chi connectivity index (χ1n) is 10.5. The molecule has 0 aromatic heterocycles. The number of hydrogen-bond donors (Lipinski definition) is 1. The standard InChI is InChI=1S/C24H27F2NO6/c1-5-31-19-9-7-6-8-18(19)22(29)27-20(14(2)3)23(30)32-15(4)21(28)16-10-12-17(13-11-16)33-24(25)26/h6-15,20,24H,5H2,1-4H3,(H,27,29)/t15?,20-/m0/s1. The van der Waals surface area contributed by atoms with Crippen molar-refractivity contribution in [2.24, 2.45) is 5.92 Å². The molecular formula is C24H27F2NO6. The number of ketones is 1. The lowest BCUT2D eigenvalue weighted by molar-refractivity contribution is -0.149. The highest BCUT2D eigenvalue weighted by atomic mass is 19.3. The van der Waals surface area contributed by atoms with Crippen molar-refractivity contribution >= 4 is 17.7 Å². The maximum atomic E-state index is 12.8. The summed E-state index contributed by atoms with van der Waals surface area (Å²) < 4.78 is 39.6. The Bertz CT molecular complexity index is 962. The highest BCUT2D eigenvalue weighted by Gasteiger charge is 2.30. The molecule has 2 atom stereocenters. The molecule has 9 heteroatoms. The van der Waals surface area contributed by atoms with Crippen LogP contribution in [-0.2, 0) is 9.53 Å². The van der Waals surface area contributed by atoms with Crippen molar-refractivity contribution in [1.29, 1.82) is 0 Å². The Kier molecular flexibility index (Phi) is 9.32. The summed E-state index contributed by atoms with van der Waals surface area (Å²) in [6.07, 6.45) is -1.16. The summed E-state index contributed by atoms with van der Waals surface area (Å²) in [5.74, 6) is -1.84. The van der Waals surface area contributed by atoms with E-state index in [4.69, 9.17) is 9.47 Å². The fraction of sp³-hybridized carbons (Fsp3) is 0.375. The van der Waals surface area contributed by atoms with Crippen molar-refractivity contribution in [1.82, 2.24) is 5.32 Å². The molecule has 0 aliphatic heterocycles. The number of halogens is 2. The number of amides is 1. The number of benzene rings is 2. The fourth-order valence-corrected chi connectivity index (χ4v) is 2.99. The predicted octanol–water partition coefficient (Wildman–Crippen LogP) is 4.26. The first-order chi connectivity index (χ1) is 15.6. The van der Waals surface area contributed by atoms with E-state index in [1.54, 1.807) is 45.0 Å². The van der Waals surface area contributed by atoms with Gasteiger partial charge in [0.2, 0.25) is 5.78 Å². The molecular weight excluding hydrogens is 436 g/mol. The van der Waals surface area contributed by atoms with E-state index in [0.717, 1.165) is 0 Å². The highest BCUT2D eigenvalue weighted by molar-refractivity contribution is 6.01. The van der Waals surface area contributed by atoms with Gasteiger partial charge in [-0.05, 0) is 56.2 Å². The smallest absolute Gasteiger partial charge is 0.387 e. The van der Waals surface area contributed by atoms with Gasteiger partial charge >= 0.3 is 12.6 Å². The van der Waals surface area contributed by atoms with E-state index in [9.17, 15) is 23.2 Å². The van der Waals surface area contributed by atoms with Crippen molar-refractivity contribution in [2.75, 3.05) is 6.61 Å². The molecule has 1 amide bonds. The van der Waals surface area contributed by atoms with Crippen LogP contribution >= 0.6 is 0 Å². The van der Waals surface area contributed by atoms with Gasteiger partial charge in [-0.3, -0.25) is 9.59 Å². The van der Waals surface area contributed by atoms with E-state index in [1.165, 1.54) is 31.2 Å². The summed E-state index contributed by atoms with van der Waals surface area (Å²) in [5.41, 5.74) is 0.431. The molecule has 0 heterocycles. The normalized spacial score (nSPS) is 12.7. The maximum absolute atomic E-state index is 12.8. The second kappa shape index (κ2) is 11.9. The molecule has 7 nitrogen and oxygen atoms in total. The van der Waals surface area contributed by atoms with Crippen LogP contribution in [0.2, 0.25) is 0 Å². The molecule has 0 aliphatic carbocycles. The van der Waals surface area contributed by atoms with Crippen LogP contribution in [0, 0.1) is 5.92 Å². The Labute approximate surface area is 191 Å². The topological polar surface area (TPSA) is 90.9 Å². The molecule has 2 aromatic rings. The molecule has 0 aliphatic rings. The quantitative estimate of drug-likeness (QED) is 0.396. The summed E-state index contributed by atoms with van der Waals surface area (Å²) in [4.78, 5) is 38.1. The first kappa shape index (κ1) is 25.8. The number of alkyl halides is 2. The van der Waals surface area contributed by atoms with Crippen LogP contribution in [0.4, 0.5) is 8.78 Å². The average molecular weight is 463 g/mol. The van der Waals surface area contributed by atoms with E-state index in [-0.39, 0.29) is 22.8 Å². The Hall–Kier alpha value is -3.49. The number of ether oxygens (including phenoxy) is 3. The molecule has 0 fully saturated rings. The lowest BCUT2D eigenvalue weighted by Gasteiger charge is -2.23. The van der Waals surface area contributed by atoms with Gasteiger partial charge in [0, 0.05) is 5.56 Å². The molecule has 1 N–H and O–H groups in total. The third kappa shape index (κ3) is 7.27. The summed E-state index contributed by atoms with van der Waals surface area (Å²) in [5, 5.41) is 2.65. The molecule has 0 radical (unpaired) electrons. The lowest BCUT2D eigenvalue weighted by Crippen LogP contribution is -2.46. The van der Waals surface area contributed by atoms with Gasteiger partial charge in [-0.1, -0.05) is 26.0 Å². The van der Waals surface area contributed by atoms with Gasteiger partial charge in [0.25, 0.3) is 5.91 Å². The Morgan fingerprint density at radius 1 is 0.970 bits per heavy atom. The number of nitrogens with one attached hydrogen (secondary N) is 1. The summed E-state index contributed by atoms with van der Waals surface area (Å²) in [7, 11) is 0. The Balaban J connectivity index is 2.07. The van der Waals surface area contributed by atoms with Crippen LogP contribution in [-0.4, -0.2) is 43.0 Å². The molecule has 178 valence electrons. The SMILES string of the molecule is CCOc1ccccc1C(=O)N[C@H](C(=O)OC(C)C(=O)c1ccc(OC(F)F)cc1)C(C)C. The van der Waals surface area contributed by atoms with Crippen molar-refractivity contribution in [3.8, 4) is 11.5 Å². The van der Waals surface area contributed by atoms with Gasteiger partial charge in [-0.15, -0.1) is 0 Å². The van der Waals surface area contributed by atoms with E-state index in [0.29, 0.717) is 12.4 Å². The number of hydrogen-bond acceptors (Lipinski definition) is 6. The van der Waals surface area contributed by atoms with Gasteiger partial charge in [0.05, 0.1) is 12.2 Å². The van der Waals surface area contributed by atoms with Gasteiger partial charge in [0.15, 0.2) is 6.10 Å². The van der Waals surface area contributed by atoms with Crippen LogP contribution in [0.25, 0.3) is 0 Å². The monoisotopic (exact) mass is 463 g/mol. The molecule has 2 rings (SSSR count). The van der Waals surface area contributed by atoms with Crippen molar-refractivity contribution in [2.45, 2.75) is 46.5 Å². The van der Waals surface area contributed by atoms with Gasteiger partial charge < -0.3 is 19.5 Å². The molecule has 1 unspecified atom stereocenters. The number of carbonyl (C=O) groups is 3. The van der Waals surface area contributed by atoms with E-state index in [1.807, 2.05) is 0 Å². The fourth-order valence-electron chi connectivity index (χ4n) is 2.99. The van der Waals surface area contributed by atoms with Crippen molar-refractivity contribution in [3.05, 3.63) is 59.7 Å². The summed E-state index contributed by atoms with van der Waals surface area (Å²) >= 11 is 0. The Morgan fingerprint density at radius 2 is 1.61 bits per heavy atom. The zero-order chi connectivity index (χ0) is 24.5. The lowest BCUT2D eigenvalue weighted by atomic mass is 10.0. The molecule has 0 saturated carbocycles. The van der Waals surface area contributed by atoms with Crippen molar-refractivity contribution < 1.29 is 37.4 Å². The zero-order valence-corrected chi connectivity index (χ0v) is 18.8. The number of para-hydroxylation sites is 1. The molecule has 0 spiro atoms. The number of rotatable bonds is 11. The van der Waals surface area contributed by atoms with E-state index >= 15 is 0 Å². The number of Topliss-reactive ketones (excluding diaryl/α,β-unsaturated/α-hetero) is 1. The van der Waals surface area contributed by atoms with Gasteiger partial charge in [-0.2, -0.15) is 8.78 Å². The summed E-state index contributed by atoms with van der Waals surface area (Å²) in [6, 6.07) is 10.7. The largest absolute Gasteiger partial charge is 0.493 e. The van der Waals surface area contributed by atoms with Crippen molar-refractivity contribution in [3.63, 3.8) is 0 Å². The second-order valence-electron chi connectivity index (χ2n) is 7.47. The Morgan fingerprint density at radius 3 is 2.18 bits per heavy atom. The highest BCUT2D eigenvalue weighted by Crippen LogP contribution is 2.20. The number of esters is 1. The van der Waals surface area contributed by atoms with Crippen LogP contribution < -0.4 is 14.8 Å². The second-order valence-corrected chi connectivity index (χ2v) is 7.47. The minimum Gasteiger partial charge on any atom is -0.493 e. The predicted molar refractivity (Wildman–Crippen MR) is 117 cm³/mol. The molecule has 2 aromatic carbocycles. The minimum atomic E-state index is -2.98. The van der Waals surface area contributed by atoms with Crippen LogP contribution in [0.1, 0.15) is 48.4 Å². The summed E-state index contributed by atoms with van der Waals surface area (Å²) in [6.45, 7) is 4.04. The first-order valence-corrected chi connectivity index (χ1v) is 10.5. The third-order valence-electron chi connectivity index (χ3n) is 4.66. The number of carbonyl (C=O) groups excluding carboxylic acids is 3. The van der Waals surface area contributed by atoms with Crippen LogP contribution in [0.3, 0.4) is 0 Å². The zero-order valence-electron chi connectivity index (χ0n) is 18.8. The van der Waals surface area contributed by atoms with E-state index < -0.39 is 36.4 Å². The maximum Gasteiger partial charge on any atom is 0.387 e. The van der Waals surface area contributed by atoms with Gasteiger partial charge in [0.1, 0.15) is 17.5 Å². The van der Waals surface area contributed by atoms with E-state index in [2.05, 4.69) is 10.1 Å². The molecule has 0 saturated heterocycles. The molecule has 0 bridgehead atoms. The average Bonchev–Trinajstić information content (AvgIpc) is 2.77. The van der Waals surface area contributed by atoms with Crippen LogP contribution in [0.5, 0.6) is 11.5 Å². The molecule has 33 heavy (non-hydrogen) atoms. The van der Waals surface area contributed by atoms with Gasteiger partial charge in [-0.25, -0.2) is 4.79 Å². The third-order valence-corrected chi connectivity index (χ3v) is 4.66.